The van der Waals surface area contributed by atoms with E-state index in [9.17, 15) is 4.79 Å². The Bertz CT molecular complexity index is 378. The molecule has 1 saturated carbocycles. The van der Waals surface area contributed by atoms with Crippen LogP contribution in [0.5, 0.6) is 0 Å². The van der Waals surface area contributed by atoms with Gasteiger partial charge in [0.1, 0.15) is 12.0 Å². The van der Waals surface area contributed by atoms with Crippen LogP contribution in [0.3, 0.4) is 0 Å². The van der Waals surface area contributed by atoms with Crippen LogP contribution in [0.1, 0.15) is 42.3 Å². The van der Waals surface area contributed by atoms with Gasteiger partial charge in [0.05, 0.1) is 12.1 Å². The van der Waals surface area contributed by atoms with Crippen molar-refractivity contribution in [1.82, 2.24) is 5.32 Å². The van der Waals surface area contributed by atoms with E-state index in [0.717, 1.165) is 6.42 Å². The fraction of sp³-hybridized carbons (Fsp3) is 0.583. The van der Waals surface area contributed by atoms with Gasteiger partial charge in [0.2, 0.25) is 0 Å². The van der Waals surface area contributed by atoms with Crippen LogP contribution in [-0.2, 0) is 6.54 Å². The summed E-state index contributed by atoms with van der Waals surface area (Å²) in [5.41, 5.74) is 5.98. The normalized spacial score (nSPS) is 21.8. The van der Waals surface area contributed by atoms with Crippen molar-refractivity contribution in [3.8, 4) is 0 Å². The number of hydrogen-bond acceptors (Lipinski definition) is 3. The van der Waals surface area contributed by atoms with Crippen molar-refractivity contribution in [3.05, 3.63) is 23.7 Å². The lowest BCUT2D eigenvalue weighted by Gasteiger charge is -2.01. The van der Waals surface area contributed by atoms with E-state index in [4.69, 9.17) is 10.2 Å². The van der Waals surface area contributed by atoms with E-state index in [1.165, 1.54) is 19.1 Å². The van der Waals surface area contributed by atoms with Crippen molar-refractivity contribution in [1.29, 1.82) is 0 Å². The third kappa shape index (κ3) is 3.48. The lowest BCUT2D eigenvalue weighted by molar-refractivity contribution is 0.0948. The predicted molar refractivity (Wildman–Crippen MR) is 68.1 cm³/mol. The number of halogens is 1. The molecule has 4 nitrogen and oxygen atoms in total. The zero-order chi connectivity index (χ0) is 11.5. The first-order valence-electron chi connectivity index (χ1n) is 5.83. The first-order valence-corrected chi connectivity index (χ1v) is 5.83. The Morgan fingerprint density at radius 1 is 1.65 bits per heavy atom. The molecular formula is C12H19ClN2O2. The first-order chi connectivity index (χ1) is 7.74. The molecule has 17 heavy (non-hydrogen) atoms. The maximum Gasteiger partial charge on any atom is 0.254 e. The van der Waals surface area contributed by atoms with Crippen molar-refractivity contribution < 1.29 is 9.21 Å². The topological polar surface area (TPSA) is 68.3 Å². The summed E-state index contributed by atoms with van der Waals surface area (Å²) in [7, 11) is 0. The molecule has 0 aliphatic heterocycles. The highest BCUT2D eigenvalue weighted by atomic mass is 35.5. The van der Waals surface area contributed by atoms with E-state index in [1.54, 1.807) is 6.07 Å². The number of carbonyl (C=O) groups is 1. The maximum atomic E-state index is 11.8. The second-order valence-corrected chi connectivity index (χ2v) is 4.37. The third-order valence-corrected chi connectivity index (χ3v) is 3.02. The van der Waals surface area contributed by atoms with Gasteiger partial charge >= 0.3 is 0 Å². The summed E-state index contributed by atoms with van der Waals surface area (Å²) in [6.45, 7) is 2.50. The van der Waals surface area contributed by atoms with Gasteiger partial charge in [0.15, 0.2) is 0 Å². The molecule has 0 aromatic carbocycles. The zero-order valence-corrected chi connectivity index (χ0v) is 10.8. The Morgan fingerprint density at radius 2 is 2.41 bits per heavy atom. The van der Waals surface area contributed by atoms with Crippen molar-refractivity contribution >= 4 is 18.3 Å². The van der Waals surface area contributed by atoms with Gasteiger partial charge in [-0.25, -0.2) is 0 Å². The molecule has 5 heteroatoms. The second kappa shape index (κ2) is 6.07. The summed E-state index contributed by atoms with van der Waals surface area (Å²) in [5.74, 6) is 1.27. The van der Waals surface area contributed by atoms with Gasteiger partial charge in [0, 0.05) is 6.04 Å². The molecule has 0 bridgehead atoms. The quantitative estimate of drug-likeness (QED) is 0.850. The van der Waals surface area contributed by atoms with Gasteiger partial charge in [-0.05, 0) is 24.8 Å². The Hall–Kier alpha value is -1.00. The molecule has 2 rings (SSSR count). The number of carbonyl (C=O) groups excluding carboxylic acids is 1. The molecule has 0 radical (unpaired) electrons. The summed E-state index contributed by atoms with van der Waals surface area (Å²) >= 11 is 0. The molecule has 1 fully saturated rings. The molecule has 0 saturated heterocycles. The third-order valence-electron chi connectivity index (χ3n) is 3.02. The number of furan rings is 1. The largest absolute Gasteiger partial charge is 0.467 e. The summed E-state index contributed by atoms with van der Waals surface area (Å²) in [4.78, 5) is 11.8. The monoisotopic (exact) mass is 258 g/mol. The molecule has 2 unspecified atom stereocenters. The van der Waals surface area contributed by atoms with Crippen LogP contribution in [0.2, 0.25) is 0 Å². The van der Waals surface area contributed by atoms with Crippen molar-refractivity contribution in [2.75, 3.05) is 0 Å². The average molecular weight is 259 g/mol. The van der Waals surface area contributed by atoms with Crippen LogP contribution >= 0.6 is 12.4 Å². The van der Waals surface area contributed by atoms with Gasteiger partial charge in [0.25, 0.3) is 5.91 Å². The molecule has 96 valence electrons. The van der Waals surface area contributed by atoms with E-state index in [-0.39, 0.29) is 18.3 Å². The summed E-state index contributed by atoms with van der Waals surface area (Å²) in [5, 5.41) is 3.00. The predicted octanol–water partition coefficient (Wildman–Crippen LogP) is 2.08. The Labute approximate surface area is 107 Å². The molecule has 1 amide bonds. The summed E-state index contributed by atoms with van der Waals surface area (Å²) in [6, 6.07) is 2.07. The number of nitrogens with one attached hydrogen (secondary N) is 1. The maximum absolute atomic E-state index is 11.8. The molecule has 1 aliphatic carbocycles. The smallest absolute Gasteiger partial charge is 0.254 e. The summed E-state index contributed by atoms with van der Waals surface area (Å²) in [6.07, 6.45) is 4.96. The lowest BCUT2D eigenvalue weighted by atomic mass is 10.2. The lowest BCUT2D eigenvalue weighted by Crippen LogP contribution is -2.26. The second-order valence-electron chi connectivity index (χ2n) is 4.37. The van der Waals surface area contributed by atoms with E-state index < -0.39 is 0 Å². The fourth-order valence-electron chi connectivity index (χ4n) is 1.97. The highest BCUT2D eigenvalue weighted by molar-refractivity contribution is 5.94. The highest BCUT2D eigenvalue weighted by Crippen LogP contribution is 2.34. The molecule has 3 N–H and O–H groups in total. The number of amides is 1. The molecular weight excluding hydrogens is 240 g/mol. The molecule has 1 heterocycles. The van der Waals surface area contributed by atoms with Crippen LogP contribution in [-0.4, -0.2) is 11.9 Å². The minimum Gasteiger partial charge on any atom is -0.467 e. The van der Waals surface area contributed by atoms with Gasteiger partial charge in [-0.1, -0.05) is 13.3 Å². The van der Waals surface area contributed by atoms with E-state index in [0.29, 0.717) is 29.8 Å². The van der Waals surface area contributed by atoms with E-state index in [2.05, 4.69) is 12.2 Å². The highest BCUT2D eigenvalue weighted by Gasteiger charge is 2.37. The van der Waals surface area contributed by atoms with Crippen LogP contribution in [0.15, 0.2) is 16.7 Å². The van der Waals surface area contributed by atoms with Gasteiger partial charge in [-0.2, -0.15) is 0 Å². The molecule has 0 spiro atoms. The summed E-state index contributed by atoms with van der Waals surface area (Å²) < 4.78 is 5.13. The molecule has 1 aromatic rings. The zero-order valence-electron chi connectivity index (χ0n) is 9.94. The molecule has 1 aromatic heterocycles. The average Bonchev–Trinajstić information content (AvgIpc) is 2.84. The Balaban J connectivity index is 0.00000144. The Kier molecular flexibility index (Phi) is 5.02. The standard InChI is InChI=1S/C12H18N2O2.ClH/c1-2-3-8-5-11(8)14-12(15)9-4-10(6-13)16-7-9;/h4,7-8,11H,2-3,5-6,13H2,1H3,(H,14,15);1H. The van der Waals surface area contributed by atoms with Crippen LogP contribution in [0, 0.1) is 5.92 Å². The van der Waals surface area contributed by atoms with Crippen LogP contribution in [0.4, 0.5) is 0 Å². The SMILES string of the molecule is CCCC1CC1NC(=O)c1coc(CN)c1.Cl. The van der Waals surface area contributed by atoms with Gasteiger partial charge in [-0.3, -0.25) is 4.79 Å². The minimum absolute atomic E-state index is 0. The minimum atomic E-state index is -0.0490. The van der Waals surface area contributed by atoms with Crippen molar-refractivity contribution in [2.24, 2.45) is 11.7 Å². The van der Waals surface area contributed by atoms with E-state index >= 15 is 0 Å². The fourth-order valence-corrected chi connectivity index (χ4v) is 1.97. The van der Waals surface area contributed by atoms with Gasteiger partial charge < -0.3 is 15.5 Å². The first kappa shape index (κ1) is 14.1. The van der Waals surface area contributed by atoms with Crippen LogP contribution < -0.4 is 11.1 Å². The van der Waals surface area contributed by atoms with Gasteiger partial charge in [-0.15, -0.1) is 12.4 Å². The number of nitrogens with two attached hydrogens (primary N) is 1. The van der Waals surface area contributed by atoms with Crippen LogP contribution in [0.25, 0.3) is 0 Å². The van der Waals surface area contributed by atoms with E-state index in [1.807, 2.05) is 0 Å². The number of hydrogen-bond donors (Lipinski definition) is 2. The number of rotatable bonds is 5. The molecule has 2 atom stereocenters. The Morgan fingerprint density at radius 3 is 3.00 bits per heavy atom. The van der Waals surface area contributed by atoms with Crippen molar-refractivity contribution in [2.45, 2.75) is 38.8 Å². The van der Waals surface area contributed by atoms with Crippen molar-refractivity contribution in [3.63, 3.8) is 0 Å². The molecule has 1 aliphatic rings.